The highest BCUT2D eigenvalue weighted by Crippen LogP contribution is 2.11. The van der Waals surface area contributed by atoms with Crippen LogP contribution in [0.2, 0.25) is 0 Å². The number of amides is 1. The van der Waals surface area contributed by atoms with Crippen LogP contribution < -0.4 is 10.2 Å². The predicted molar refractivity (Wildman–Crippen MR) is 105 cm³/mol. The zero-order valence-electron chi connectivity index (χ0n) is 15.0. The van der Waals surface area contributed by atoms with Crippen LogP contribution in [-0.2, 0) is 0 Å². The zero-order valence-corrected chi connectivity index (χ0v) is 15.0. The number of aromatic nitrogens is 2. The number of para-hydroxylation sites is 2. The van der Waals surface area contributed by atoms with E-state index in [1.54, 1.807) is 17.1 Å². The monoisotopic (exact) mass is 348 g/mol. The normalized spacial score (nSPS) is 10.5. The number of carbonyl (C=O) groups is 1. The summed E-state index contributed by atoms with van der Waals surface area (Å²) in [6.45, 7) is 1.63. The maximum absolute atomic E-state index is 12.2. The number of unbranched alkanes of at least 4 members (excludes halogenated alkanes) is 1. The molecule has 0 saturated carbocycles. The number of nitrogens with one attached hydrogen (secondary N) is 1. The van der Waals surface area contributed by atoms with Gasteiger partial charge < -0.3 is 10.2 Å². The van der Waals surface area contributed by atoms with E-state index in [-0.39, 0.29) is 5.91 Å². The summed E-state index contributed by atoms with van der Waals surface area (Å²) in [7, 11) is 2.09. The molecular formula is C21H24N4O. The molecular weight excluding hydrogens is 324 g/mol. The third kappa shape index (κ3) is 4.72. The van der Waals surface area contributed by atoms with Crippen LogP contribution in [0.4, 0.5) is 5.69 Å². The second-order valence-corrected chi connectivity index (χ2v) is 6.23. The minimum Gasteiger partial charge on any atom is -0.375 e. The van der Waals surface area contributed by atoms with Gasteiger partial charge in [-0.25, -0.2) is 4.68 Å². The molecule has 3 rings (SSSR count). The Bertz CT molecular complexity index is 814. The number of nitrogens with zero attached hydrogens (tertiary/aromatic N) is 3. The van der Waals surface area contributed by atoms with E-state index in [2.05, 4.69) is 34.5 Å². The van der Waals surface area contributed by atoms with Gasteiger partial charge in [0, 0.05) is 32.0 Å². The van der Waals surface area contributed by atoms with Crippen LogP contribution in [-0.4, -0.2) is 35.8 Å². The Morgan fingerprint density at radius 1 is 1.04 bits per heavy atom. The molecule has 0 atom stereocenters. The number of hydrogen-bond acceptors (Lipinski definition) is 3. The van der Waals surface area contributed by atoms with E-state index in [1.807, 2.05) is 48.5 Å². The largest absolute Gasteiger partial charge is 0.375 e. The van der Waals surface area contributed by atoms with E-state index in [0.29, 0.717) is 12.1 Å². The minimum absolute atomic E-state index is 0.0800. The van der Waals surface area contributed by atoms with E-state index in [0.717, 1.165) is 25.1 Å². The summed E-state index contributed by atoms with van der Waals surface area (Å²) >= 11 is 0. The lowest BCUT2D eigenvalue weighted by atomic mass is 10.2. The number of rotatable bonds is 8. The van der Waals surface area contributed by atoms with Crippen molar-refractivity contribution in [1.82, 2.24) is 15.1 Å². The van der Waals surface area contributed by atoms with Crippen molar-refractivity contribution in [1.29, 1.82) is 0 Å². The van der Waals surface area contributed by atoms with Crippen molar-refractivity contribution >= 4 is 11.6 Å². The van der Waals surface area contributed by atoms with Crippen LogP contribution in [0.3, 0.4) is 0 Å². The van der Waals surface area contributed by atoms with Gasteiger partial charge in [0.15, 0.2) is 0 Å². The third-order valence-electron chi connectivity index (χ3n) is 4.27. The topological polar surface area (TPSA) is 50.2 Å². The fourth-order valence-corrected chi connectivity index (χ4v) is 2.75. The summed E-state index contributed by atoms with van der Waals surface area (Å²) in [6, 6.07) is 20.1. The second-order valence-electron chi connectivity index (χ2n) is 6.23. The van der Waals surface area contributed by atoms with Gasteiger partial charge in [-0.05, 0) is 37.1 Å². The first kappa shape index (κ1) is 17.7. The molecule has 5 nitrogen and oxygen atoms in total. The molecule has 26 heavy (non-hydrogen) atoms. The molecule has 0 saturated heterocycles. The summed E-state index contributed by atoms with van der Waals surface area (Å²) in [5.41, 5.74) is 2.73. The Morgan fingerprint density at radius 2 is 1.73 bits per heavy atom. The molecule has 0 unspecified atom stereocenters. The Kier molecular flexibility index (Phi) is 6.04. The smallest absolute Gasteiger partial charge is 0.254 e. The van der Waals surface area contributed by atoms with Gasteiger partial charge in [-0.2, -0.15) is 5.10 Å². The highest BCUT2D eigenvalue weighted by Gasteiger charge is 2.08. The van der Waals surface area contributed by atoms with Crippen molar-refractivity contribution in [2.75, 3.05) is 25.0 Å². The van der Waals surface area contributed by atoms with Crippen LogP contribution in [0.5, 0.6) is 0 Å². The van der Waals surface area contributed by atoms with Gasteiger partial charge in [0.1, 0.15) is 0 Å². The van der Waals surface area contributed by atoms with Gasteiger partial charge in [0.05, 0.1) is 17.4 Å². The maximum atomic E-state index is 12.2. The van der Waals surface area contributed by atoms with Gasteiger partial charge in [0.2, 0.25) is 0 Å². The molecule has 1 aromatic heterocycles. The van der Waals surface area contributed by atoms with Gasteiger partial charge in [-0.1, -0.05) is 36.4 Å². The highest BCUT2D eigenvalue weighted by atomic mass is 16.1. The number of anilines is 1. The summed E-state index contributed by atoms with van der Waals surface area (Å²) in [5.74, 6) is -0.0800. The molecule has 0 fully saturated rings. The van der Waals surface area contributed by atoms with Crippen LogP contribution in [0.15, 0.2) is 73.1 Å². The molecule has 0 aliphatic carbocycles. The maximum Gasteiger partial charge on any atom is 0.254 e. The number of benzene rings is 2. The van der Waals surface area contributed by atoms with Gasteiger partial charge in [0.25, 0.3) is 5.91 Å². The lowest BCUT2D eigenvalue weighted by Gasteiger charge is -2.19. The third-order valence-corrected chi connectivity index (χ3v) is 4.27. The summed E-state index contributed by atoms with van der Waals surface area (Å²) in [5, 5.41) is 7.22. The van der Waals surface area contributed by atoms with E-state index in [1.165, 1.54) is 5.69 Å². The Hall–Kier alpha value is -3.08. The first-order valence-electron chi connectivity index (χ1n) is 8.88. The molecule has 1 N–H and O–H groups in total. The Labute approximate surface area is 154 Å². The van der Waals surface area contributed by atoms with Crippen molar-refractivity contribution in [2.45, 2.75) is 12.8 Å². The summed E-state index contributed by atoms with van der Waals surface area (Å²) in [6.07, 6.45) is 5.32. The average Bonchev–Trinajstić information content (AvgIpc) is 3.19. The molecule has 0 aliphatic heterocycles. The van der Waals surface area contributed by atoms with Crippen molar-refractivity contribution in [2.24, 2.45) is 0 Å². The minimum atomic E-state index is -0.0800. The van der Waals surface area contributed by atoms with E-state index in [9.17, 15) is 4.79 Å². The highest BCUT2D eigenvalue weighted by molar-refractivity contribution is 5.93. The second kappa shape index (κ2) is 8.85. The molecule has 5 heteroatoms. The molecule has 0 bridgehead atoms. The van der Waals surface area contributed by atoms with Crippen molar-refractivity contribution in [3.05, 3.63) is 78.6 Å². The fraction of sp³-hybridized carbons (Fsp3) is 0.238. The summed E-state index contributed by atoms with van der Waals surface area (Å²) in [4.78, 5) is 14.5. The molecule has 1 amide bonds. The van der Waals surface area contributed by atoms with Crippen molar-refractivity contribution < 1.29 is 4.79 Å². The lowest BCUT2D eigenvalue weighted by Crippen LogP contribution is -2.25. The van der Waals surface area contributed by atoms with Crippen LogP contribution in [0, 0.1) is 0 Å². The van der Waals surface area contributed by atoms with Gasteiger partial charge in [-0.3, -0.25) is 4.79 Å². The van der Waals surface area contributed by atoms with Crippen molar-refractivity contribution in [3.8, 4) is 5.69 Å². The Balaban J connectivity index is 1.40. The van der Waals surface area contributed by atoms with Crippen LogP contribution >= 0.6 is 0 Å². The van der Waals surface area contributed by atoms with Gasteiger partial charge >= 0.3 is 0 Å². The zero-order chi connectivity index (χ0) is 18.2. The van der Waals surface area contributed by atoms with Gasteiger partial charge in [-0.15, -0.1) is 0 Å². The molecule has 0 aliphatic rings. The molecule has 0 spiro atoms. The molecule has 3 aromatic rings. The van der Waals surface area contributed by atoms with E-state index < -0.39 is 0 Å². The average molecular weight is 348 g/mol. The first-order valence-corrected chi connectivity index (χ1v) is 8.88. The van der Waals surface area contributed by atoms with E-state index >= 15 is 0 Å². The number of hydrogen-bond donors (Lipinski definition) is 1. The Morgan fingerprint density at radius 3 is 2.46 bits per heavy atom. The molecule has 134 valence electrons. The predicted octanol–water partition coefficient (Wildman–Crippen LogP) is 3.52. The lowest BCUT2D eigenvalue weighted by molar-refractivity contribution is 0.0953. The fourth-order valence-electron chi connectivity index (χ4n) is 2.75. The molecule has 0 radical (unpaired) electrons. The quantitative estimate of drug-likeness (QED) is 0.634. The van der Waals surface area contributed by atoms with Crippen molar-refractivity contribution in [3.63, 3.8) is 0 Å². The summed E-state index contributed by atoms with van der Waals surface area (Å²) < 4.78 is 1.71. The number of carbonyl (C=O) groups excluding carboxylic acids is 1. The van der Waals surface area contributed by atoms with E-state index in [4.69, 9.17) is 0 Å². The first-order chi connectivity index (χ1) is 12.7. The molecule has 2 aromatic carbocycles. The standard InChI is InChI=1S/C21H24N4O/c1-24(19-10-4-2-5-11-19)15-9-8-14-22-21(26)18-16-23-25(17-18)20-12-6-3-7-13-20/h2-7,10-13,16-17H,8-9,14-15H2,1H3,(H,22,26). The molecule has 1 heterocycles. The SMILES string of the molecule is CN(CCCCNC(=O)c1cnn(-c2ccccc2)c1)c1ccccc1. The van der Waals surface area contributed by atoms with Crippen LogP contribution in [0.25, 0.3) is 5.69 Å². The van der Waals surface area contributed by atoms with Crippen LogP contribution in [0.1, 0.15) is 23.2 Å².